The van der Waals surface area contributed by atoms with Crippen molar-refractivity contribution in [3.63, 3.8) is 0 Å². The first-order valence-electron chi connectivity index (χ1n) is 16.9. The zero-order valence-electron chi connectivity index (χ0n) is 30.5. The molecule has 0 radical (unpaired) electrons. The number of benzene rings is 4. The van der Waals surface area contributed by atoms with Gasteiger partial charge in [0.15, 0.2) is 46.5 Å². The van der Waals surface area contributed by atoms with Crippen LogP contribution in [0.15, 0.2) is 77.3 Å². The smallest absolute Gasteiger partial charge is 0.512 e. The summed E-state index contributed by atoms with van der Waals surface area (Å²) >= 11 is 6.22. The van der Waals surface area contributed by atoms with Gasteiger partial charge in [0.05, 0.1) is 20.5 Å². The van der Waals surface area contributed by atoms with E-state index in [2.05, 4.69) is 42.6 Å². The second-order valence-corrected chi connectivity index (χ2v) is 16.5. The van der Waals surface area contributed by atoms with Crippen LogP contribution in [0, 0.1) is 23.2 Å². The van der Waals surface area contributed by atoms with E-state index < -0.39 is 0 Å². The van der Waals surface area contributed by atoms with E-state index in [4.69, 9.17) is 36.0 Å². The summed E-state index contributed by atoms with van der Waals surface area (Å²) < 4.78 is 26.0. The van der Waals surface area contributed by atoms with Gasteiger partial charge in [-0.15, -0.1) is 0 Å². The molecule has 8 rings (SSSR count). The van der Waals surface area contributed by atoms with Crippen molar-refractivity contribution in [3.05, 3.63) is 101 Å². The van der Waals surface area contributed by atoms with Gasteiger partial charge in [0, 0.05) is 28.4 Å². The Morgan fingerprint density at radius 3 is 1.70 bits per heavy atom. The second kappa shape index (κ2) is 17.7. The van der Waals surface area contributed by atoms with Crippen molar-refractivity contribution in [1.82, 2.24) is 9.97 Å². The van der Waals surface area contributed by atoms with Crippen LogP contribution in [0.25, 0.3) is 20.4 Å². The van der Waals surface area contributed by atoms with Gasteiger partial charge in [-0.3, -0.25) is 20.2 Å². The Morgan fingerprint density at radius 2 is 1.21 bits per heavy atom. The van der Waals surface area contributed by atoms with Crippen LogP contribution in [0.5, 0.6) is 23.0 Å². The Hall–Kier alpha value is -5.22. The van der Waals surface area contributed by atoms with E-state index in [9.17, 15) is 9.59 Å². The van der Waals surface area contributed by atoms with E-state index in [0.717, 1.165) is 49.1 Å². The molecule has 0 saturated carbocycles. The van der Waals surface area contributed by atoms with Crippen LogP contribution in [-0.4, -0.2) is 46.2 Å². The van der Waals surface area contributed by atoms with E-state index in [1.807, 2.05) is 82.3 Å². The number of carbonyl (C=O) groups excluding carboxylic acids is 2. The van der Waals surface area contributed by atoms with Gasteiger partial charge in [-0.25, -0.2) is 9.97 Å². The van der Waals surface area contributed by atoms with E-state index >= 15 is 0 Å². The third kappa shape index (κ3) is 9.77. The van der Waals surface area contributed by atoms with E-state index in [1.165, 1.54) is 22.7 Å². The van der Waals surface area contributed by atoms with Crippen molar-refractivity contribution in [1.29, 1.82) is 10.5 Å². The van der Waals surface area contributed by atoms with E-state index in [0.29, 0.717) is 38.6 Å². The minimum atomic E-state index is -0.317. The molecule has 4 heterocycles. The van der Waals surface area contributed by atoms with Crippen LogP contribution in [0.3, 0.4) is 0 Å². The summed E-state index contributed by atoms with van der Waals surface area (Å²) in [6.45, 7) is 12.6. The Kier molecular flexibility index (Phi) is 13.3. The molecule has 0 spiro atoms. The average molecular weight is 902 g/mol. The number of halogens is 1. The maximum atomic E-state index is 12.3. The number of ether oxygens (including phenoxy) is 4. The van der Waals surface area contributed by atoms with Gasteiger partial charge in [-0.1, -0.05) is 59.1 Å². The summed E-state index contributed by atoms with van der Waals surface area (Å²) in [4.78, 5) is 33.3. The fourth-order valence-corrected chi connectivity index (χ4v) is 8.46. The fourth-order valence-electron chi connectivity index (χ4n) is 6.06. The van der Waals surface area contributed by atoms with Gasteiger partial charge >= 0.3 is 17.1 Å². The molecule has 2 aliphatic heterocycles. The fraction of sp³-hybridized carbons (Fsp3) is 0.250. The number of nitrogens with one attached hydrogen (secondary N) is 2. The van der Waals surface area contributed by atoms with Crippen molar-refractivity contribution < 1.29 is 45.6 Å². The van der Waals surface area contributed by atoms with Crippen molar-refractivity contribution in [3.8, 4) is 29.1 Å². The molecule has 16 heteroatoms. The zero-order valence-corrected chi connectivity index (χ0v) is 34.7. The molecule has 0 bridgehead atoms. The molecule has 0 atom stereocenters. The standard InChI is InChI=1S/C20H17N3O3S.C19H17BrN2O3S.CN.Cu/c1-20(2)9-12-5-3-7-14(18(12)26-20)25-11-16(24)22-19-23-17-13(10-21)6-4-8-15(17)27-19;1-19(2)9-11-5-3-7-13(17(11)25-19)24-10-15(23)21-18-22-16-12(20)6-4-8-14(16)26-18;1-2;/h3-8H,9,11H2,1-2H3,(H,22,23,24);3-8H,9-10H2,1-2H3,(H,21,22,23);;/q;;-1;+1. The van der Waals surface area contributed by atoms with Crippen LogP contribution in [0.4, 0.5) is 10.3 Å². The number of rotatable bonds is 8. The van der Waals surface area contributed by atoms with Gasteiger partial charge in [-0.05, 0) is 80.0 Å². The van der Waals surface area contributed by atoms with Gasteiger partial charge in [-0.2, -0.15) is 5.26 Å². The van der Waals surface area contributed by atoms with Gasteiger partial charge in [0.25, 0.3) is 11.8 Å². The maximum absolute atomic E-state index is 12.3. The Morgan fingerprint density at radius 1 is 0.768 bits per heavy atom. The first-order chi connectivity index (χ1) is 26.4. The van der Waals surface area contributed by atoms with E-state index in [-0.39, 0.29) is 53.3 Å². The van der Waals surface area contributed by atoms with Crippen molar-refractivity contribution in [2.24, 2.45) is 0 Å². The molecule has 2 aliphatic rings. The summed E-state index contributed by atoms with van der Waals surface area (Å²) in [6.07, 6.45) is 1.63. The Balaban J connectivity index is 0.000000202. The molecule has 2 aromatic heterocycles. The van der Waals surface area contributed by atoms with Crippen molar-refractivity contribution >= 4 is 81.1 Å². The molecular formula is C40H34BrCuN6O6S2. The number of nitrogens with zero attached hydrogens (tertiary/aromatic N) is 4. The SMILES string of the molecule is CC1(C)Cc2cccc(OCC(=O)Nc3nc4c(Br)cccc4s3)c2O1.CC1(C)Cc2cccc(OCC(=O)Nc3nc4c(C#N)cccc4s3)c2O1.[C-]#N.[Cu+]. The summed E-state index contributed by atoms with van der Waals surface area (Å²) in [5.41, 5.74) is 3.57. The molecule has 0 fully saturated rings. The minimum absolute atomic E-state index is 0. The van der Waals surface area contributed by atoms with Gasteiger partial charge in [0.2, 0.25) is 0 Å². The van der Waals surface area contributed by atoms with Crippen molar-refractivity contribution in [2.75, 3.05) is 23.8 Å². The quantitative estimate of drug-likeness (QED) is 0.111. The Labute approximate surface area is 350 Å². The molecular weight excluding hydrogens is 868 g/mol. The number of para-hydroxylation sites is 4. The third-order valence-electron chi connectivity index (χ3n) is 8.23. The average Bonchev–Trinajstić information content (AvgIpc) is 3.91. The predicted octanol–water partition coefficient (Wildman–Crippen LogP) is 8.78. The number of hydrogen-bond acceptors (Lipinski definition) is 12. The van der Waals surface area contributed by atoms with Crippen LogP contribution >= 0.6 is 38.6 Å². The molecule has 2 amide bonds. The van der Waals surface area contributed by atoms with Crippen LogP contribution in [-0.2, 0) is 39.5 Å². The maximum Gasteiger partial charge on any atom is 1.00 e. The van der Waals surface area contributed by atoms with E-state index in [1.54, 1.807) is 18.2 Å². The first-order valence-corrected chi connectivity index (χ1v) is 19.3. The van der Waals surface area contributed by atoms with Crippen LogP contribution < -0.4 is 29.6 Å². The number of nitriles is 1. The summed E-state index contributed by atoms with van der Waals surface area (Å²) in [5.74, 6) is 2.01. The summed E-state index contributed by atoms with van der Waals surface area (Å²) in [7, 11) is 0. The number of thiazole rings is 2. The number of aromatic nitrogens is 2. The molecule has 0 unspecified atom stereocenters. The third-order valence-corrected chi connectivity index (χ3v) is 10.7. The zero-order chi connectivity index (χ0) is 39.3. The summed E-state index contributed by atoms with van der Waals surface area (Å²) in [5, 5.41) is 21.9. The van der Waals surface area contributed by atoms with Crippen LogP contribution in [0.1, 0.15) is 44.4 Å². The number of amides is 2. The molecule has 56 heavy (non-hydrogen) atoms. The molecule has 4 aromatic carbocycles. The minimum Gasteiger partial charge on any atom is -0.512 e. The molecule has 290 valence electrons. The second-order valence-electron chi connectivity index (χ2n) is 13.6. The monoisotopic (exact) mass is 900 g/mol. The normalized spacial score (nSPS) is 13.8. The van der Waals surface area contributed by atoms with Crippen LogP contribution in [0.2, 0.25) is 0 Å². The van der Waals surface area contributed by atoms with Gasteiger partial charge in [0.1, 0.15) is 22.8 Å². The molecule has 12 nitrogen and oxygen atoms in total. The number of fused-ring (bicyclic) bond motifs is 4. The Bertz CT molecular complexity index is 2480. The molecule has 6 aromatic rings. The van der Waals surface area contributed by atoms with Gasteiger partial charge < -0.3 is 30.8 Å². The predicted molar refractivity (Wildman–Crippen MR) is 215 cm³/mol. The number of hydrogen-bond donors (Lipinski definition) is 2. The van der Waals surface area contributed by atoms with Crippen molar-refractivity contribution in [2.45, 2.75) is 51.7 Å². The summed E-state index contributed by atoms with van der Waals surface area (Å²) in [6, 6.07) is 24.8. The topological polar surface area (TPSA) is 168 Å². The first kappa shape index (κ1) is 41.9. The molecule has 0 aliphatic carbocycles. The molecule has 0 saturated heterocycles. The largest absolute Gasteiger partial charge is 1.00 e. The number of anilines is 2. The molecule has 2 N–H and O–H groups in total. The number of carbonyl (C=O) groups is 2.